The van der Waals surface area contributed by atoms with Gasteiger partial charge in [0.15, 0.2) is 0 Å². The van der Waals surface area contributed by atoms with Crippen LogP contribution < -0.4 is 85.1 Å². The van der Waals surface area contributed by atoms with Gasteiger partial charge in [0.05, 0.1) is 98.7 Å². The zero-order chi connectivity index (χ0) is 52.4. The quantitative estimate of drug-likeness (QED) is 0.151. The molecule has 0 aromatic heterocycles. The molecule has 10 saturated heterocycles. The van der Waals surface area contributed by atoms with E-state index in [1.807, 2.05) is 0 Å². The molecule has 16 nitrogen and oxygen atoms in total. The van der Waals surface area contributed by atoms with Gasteiger partial charge in [-0.3, -0.25) is 85.1 Å². The van der Waals surface area contributed by atoms with Crippen LogP contribution in [0.15, 0.2) is 0 Å². The molecular weight excluding hydrogens is 1080 g/mol. The van der Waals surface area contributed by atoms with Crippen molar-refractivity contribution in [3.63, 3.8) is 0 Å². The van der Waals surface area contributed by atoms with Crippen molar-refractivity contribution in [2.75, 3.05) is 0 Å². The number of nitrogens with one attached hydrogen (secondary N) is 16. The van der Waals surface area contributed by atoms with E-state index in [-0.39, 0.29) is 32.7 Å². The first-order chi connectivity index (χ1) is 39.6. The van der Waals surface area contributed by atoms with E-state index in [1.165, 1.54) is 205 Å². The minimum atomic E-state index is 0. The summed E-state index contributed by atoms with van der Waals surface area (Å²) in [5, 5.41) is 67.6. The second-order valence-corrected chi connectivity index (χ2v) is 31.2. The van der Waals surface area contributed by atoms with Crippen molar-refractivity contribution < 1.29 is 32.7 Å². The minimum Gasteiger partial charge on any atom is -0.286 e. The van der Waals surface area contributed by atoms with Gasteiger partial charge in [0, 0.05) is 32.7 Å². The average Bonchev–Trinajstić information content (AvgIpc) is 4.47. The maximum absolute atomic E-state index is 4.26. The van der Waals surface area contributed by atoms with E-state index in [0.29, 0.717) is 98.7 Å². The number of hydrogen-bond acceptors (Lipinski definition) is 16. The Kier molecular flexibility index (Phi) is 17.0. The molecule has 0 aromatic carbocycles. The number of rotatable bonds is 0. The van der Waals surface area contributed by atoms with Gasteiger partial charge in [0.1, 0.15) is 0 Å². The summed E-state index contributed by atoms with van der Waals surface area (Å²) in [4.78, 5) is 0. The standard InChI is InChI=1S/2C32H56N8.Y/c2*1-2-10-18-17(9-1)25-33-26(18)38-28-21-13-5-6-14-22(21)30(35-28)40-32-24-16-8-7-15-23(24)31(36-32)39-29-20-12-4-3-11-19(20)27(34-29)37-25;/h2*17-40H,1-16H2;. The zero-order valence-corrected chi connectivity index (χ0v) is 52.5. The fourth-order valence-electron chi connectivity index (χ4n) is 23.9. The molecule has 81 heavy (non-hydrogen) atoms. The van der Waals surface area contributed by atoms with Gasteiger partial charge in [-0.05, 0) is 197 Å². The van der Waals surface area contributed by atoms with Gasteiger partial charge < -0.3 is 0 Å². The molecule has 10 heterocycles. The van der Waals surface area contributed by atoms with Crippen molar-refractivity contribution in [3.8, 4) is 0 Å². The molecule has 0 amide bonds. The van der Waals surface area contributed by atoms with Gasteiger partial charge in [-0.1, -0.05) is 103 Å². The third kappa shape index (κ3) is 10.6. The summed E-state index contributed by atoms with van der Waals surface area (Å²) >= 11 is 0. The van der Waals surface area contributed by atoms with E-state index in [2.05, 4.69) is 85.1 Å². The SMILES string of the molecule is C1CCC2C3NC(NC4NC(NC5NC(NC6NC(N3)C3CCCCC63)C3CCCCC53)C3CCCCC43)C2C1.C1CCC2C3NC(NC4NC(NC5NC(NC6NC(N3)C3CCCCC63)C3CCCCC53)C3CCCCC43)C2C1.[Y]. The maximum atomic E-state index is 4.26. The van der Waals surface area contributed by atoms with Gasteiger partial charge in [-0.15, -0.1) is 0 Å². The fourth-order valence-corrected chi connectivity index (χ4v) is 23.9. The van der Waals surface area contributed by atoms with E-state index in [0.717, 1.165) is 94.7 Å². The second-order valence-electron chi connectivity index (χ2n) is 31.2. The first-order valence-electron chi connectivity index (χ1n) is 35.8. The molecule has 16 bridgehead atoms. The van der Waals surface area contributed by atoms with Crippen LogP contribution in [0.4, 0.5) is 0 Å². The van der Waals surface area contributed by atoms with Crippen LogP contribution in [-0.4, -0.2) is 98.7 Å². The molecule has 17 heteroatoms. The van der Waals surface area contributed by atoms with Crippen molar-refractivity contribution in [1.82, 2.24) is 85.1 Å². The zero-order valence-electron chi connectivity index (χ0n) is 49.7. The summed E-state index contributed by atoms with van der Waals surface area (Å²) in [5.74, 6) is 11.9. The fraction of sp³-hybridized carbons (Fsp3) is 1.00. The van der Waals surface area contributed by atoms with Gasteiger partial charge in [-0.2, -0.15) is 0 Å². The molecule has 16 N–H and O–H groups in total. The van der Waals surface area contributed by atoms with Gasteiger partial charge in [0.2, 0.25) is 0 Å². The average molecular weight is 1190 g/mol. The van der Waals surface area contributed by atoms with E-state index in [1.54, 1.807) is 0 Å². The predicted molar refractivity (Wildman–Crippen MR) is 314 cm³/mol. The Hall–Kier alpha value is 0.464. The number of hydrogen-bond donors (Lipinski definition) is 16. The summed E-state index contributed by atoms with van der Waals surface area (Å²) in [6.45, 7) is 0. The van der Waals surface area contributed by atoms with Crippen LogP contribution in [0.2, 0.25) is 0 Å². The molecule has 16 atom stereocenters. The van der Waals surface area contributed by atoms with Gasteiger partial charge >= 0.3 is 0 Å². The monoisotopic (exact) mass is 1190 g/mol. The molecule has 18 aliphatic rings. The van der Waals surface area contributed by atoms with Gasteiger partial charge in [-0.25, -0.2) is 0 Å². The van der Waals surface area contributed by atoms with E-state index in [9.17, 15) is 0 Å². The third-order valence-electron chi connectivity index (χ3n) is 27.6. The molecule has 0 spiro atoms. The Morgan fingerprint density at radius 1 is 0.111 bits per heavy atom. The van der Waals surface area contributed by atoms with Crippen LogP contribution in [0.3, 0.4) is 0 Å². The van der Waals surface area contributed by atoms with E-state index < -0.39 is 0 Å². The molecular formula is C64H112N16Y. The second kappa shape index (κ2) is 24.3. The van der Waals surface area contributed by atoms with Crippen molar-refractivity contribution in [2.45, 2.75) is 304 Å². The first-order valence-corrected chi connectivity index (χ1v) is 35.8. The van der Waals surface area contributed by atoms with Crippen molar-refractivity contribution in [2.24, 2.45) is 94.7 Å². The summed E-state index contributed by atoms with van der Waals surface area (Å²) in [6, 6.07) is 0. The molecule has 451 valence electrons. The first kappa shape index (κ1) is 56.7. The number of fused-ring (bicyclic) bond motifs is 40. The van der Waals surface area contributed by atoms with Crippen LogP contribution >= 0.6 is 0 Å². The van der Waals surface area contributed by atoms with E-state index >= 15 is 0 Å². The molecule has 8 aliphatic carbocycles. The van der Waals surface area contributed by atoms with Crippen LogP contribution in [0.1, 0.15) is 205 Å². The summed E-state index contributed by atoms with van der Waals surface area (Å²) < 4.78 is 0. The molecule has 0 aromatic rings. The predicted octanol–water partition coefficient (Wildman–Crippen LogP) is 5.21. The Labute approximate surface area is 513 Å². The Bertz CT molecular complexity index is 1570. The normalized spacial score (nSPS) is 56.9. The van der Waals surface area contributed by atoms with Gasteiger partial charge in [0.25, 0.3) is 0 Å². The summed E-state index contributed by atoms with van der Waals surface area (Å²) in [7, 11) is 0. The summed E-state index contributed by atoms with van der Waals surface area (Å²) in [5.41, 5.74) is 0. The smallest absolute Gasteiger partial charge is 0.0628 e. The van der Waals surface area contributed by atoms with E-state index in [4.69, 9.17) is 0 Å². The molecule has 18 fully saturated rings. The molecule has 10 aliphatic heterocycles. The summed E-state index contributed by atoms with van der Waals surface area (Å²) in [6.07, 6.45) is 51.1. The Morgan fingerprint density at radius 2 is 0.173 bits per heavy atom. The molecule has 18 rings (SSSR count). The molecule has 16 unspecified atom stereocenters. The van der Waals surface area contributed by atoms with Crippen molar-refractivity contribution in [3.05, 3.63) is 0 Å². The maximum Gasteiger partial charge on any atom is 0.0628 e. The van der Waals surface area contributed by atoms with Crippen LogP contribution in [0.5, 0.6) is 0 Å². The van der Waals surface area contributed by atoms with Crippen LogP contribution in [-0.2, 0) is 32.7 Å². The largest absolute Gasteiger partial charge is 0.286 e. The Morgan fingerprint density at radius 3 is 0.235 bits per heavy atom. The van der Waals surface area contributed by atoms with Crippen molar-refractivity contribution in [1.29, 1.82) is 0 Å². The minimum absolute atomic E-state index is 0. The third-order valence-corrected chi connectivity index (χ3v) is 27.6. The topological polar surface area (TPSA) is 192 Å². The van der Waals surface area contributed by atoms with Crippen molar-refractivity contribution >= 4 is 0 Å². The molecule has 8 saturated carbocycles. The van der Waals surface area contributed by atoms with Crippen LogP contribution in [0.25, 0.3) is 0 Å². The Balaban J connectivity index is 0.000000132. The van der Waals surface area contributed by atoms with Crippen LogP contribution in [0, 0.1) is 94.7 Å². The molecule has 1 radical (unpaired) electrons.